The van der Waals surface area contributed by atoms with E-state index in [0.717, 1.165) is 18.8 Å². The van der Waals surface area contributed by atoms with E-state index in [9.17, 15) is 0 Å². The largest absolute Gasteiger partial charge is 0.312 e. The van der Waals surface area contributed by atoms with Gasteiger partial charge in [0.1, 0.15) is 5.84 Å². The molecular weight excluding hydrogens is 150 g/mol. The monoisotopic (exact) mass is 169 g/mol. The molecule has 0 amide bonds. The van der Waals surface area contributed by atoms with E-state index in [1.807, 2.05) is 0 Å². The van der Waals surface area contributed by atoms with Crippen LogP contribution in [-0.2, 0) is 0 Å². The van der Waals surface area contributed by atoms with Crippen molar-refractivity contribution < 1.29 is 0 Å². The Bertz CT molecular complexity index is 184. The van der Waals surface area contributed by atoms with Gasteiger partial charge < -0.3 is 5.43 Å². The molecule has 0 aromatic heterocycles. The fraction of sp³-hybridized carbons (Fsp3) is 0.889. The molecule has 3 nitrogen and oxygen atoms in total. The second kappa shape index (κ2) is 3.44. The molecule has 0 bridgehead atoms. The standard InChI is InChI=1S/C9H19N3/c1-4-5-11-8(12-10)7-6-9(7,2)3/h7H,4-6,10H2,1-3H3,(H,11,12). The van der Waals surface area contributed by atoms with Crippen molar-refractivity contribution >= 4 is 5.84 Å². The van der Waals surface area contributed by atoms with Crippen molar-refractivity contribution in [3.05, 3.63) is 0 Å². The normalized spacial score (nSPS) is 27.0. The first-order valence-electron chi connectivity index (χ1n) is 4.62. The van der Waals surface area contributed by atoms with Crippen molar-refractivity contribution in [2.24, 2.45) is 22.2 Å². The highest BCUT2D eigenvalue weighted by Gasteiger charge is 2.48. The number of hydrogen-bond acceptors (Lipinski definition) is 2. The maximum atomic E-state index is 5.39. The molecule has 1 rings (SSSR count). The van der Waals surface area contributed by atoms with Gasteiger partial charge in [0.2, 0.25) is 0 Å². The van der Waals surface area contributed by atoms with Gasteiger partial charge in [-0.25, -0.2) is 5.84 Å². The third kappa shape index (κ3) is 1.97. The highest BCUT2D eigenvalue weighted by molar-refractivity contribution is 5.87. The van der Waals surface area contributed by atoms with Crippen LogP contribution < -0.4 is 11.3 Å². The number of nitrogens with two attached hydrogens (primary N) is 1. The van der Waals surface area contributed by atoms with E-state index in [1.54, 1.807) is 0 Å². The average Bonchev–Trinajstić information content (AvgIpc) is 2.62. The molecule has 1 aliphatic rings. The van der Waals surface area contributed by atoms with Gasteiger partial charge in [-0.2, -0.15) is 0 Å². The van der Waals surface area contributed by atoms with Gasteiger partial charge in [0.05, 0.1) is 0 Å². The lowest BCUT2D eigenvalue weighted by molar-refractivity contribution is 0.613. The number of aliphatic imine (C=N–C) groups is 1. The van der Waals surface area contributed by atoms with Crippen LogP contribution in [0.3, 0.4) is 0 Å². The van der Waals surface area contributed by atoms with E-state index < -0.39 is 0 Å². The first kappa shape index (κ1) is 9.52. The summed E-state index contributed by atoms with van der Waals surface area (Å²) in [6, 6.07) is 0. The number of rotatable bonds is 3. The predicted octanol–water partition coefficient (Wildman–Crippen LogP) is 1.30. The summed E-state index contributed by atoms with van der Waals surface area (Å²) in [5.41, 5.74) is 3.12. The molecule has 1 atom stereocenters. The van der Waals surface area contributed by atoms with Crippen molar-refractivity contribution in [1.29, 1.82) is 0 Å². The molecule has 0 spiro atoms. The van der Waals surface area contributed by atoms with Gasteiger partial charge in [0.15, 0.2) is 0 Å². The molecule has 1 aliphatic carbocycles. The quantitative estimate of drug-likeness (QED) is 0.289. The minimum atomic E-state index is 0.416. The maximum Gasteiger partial charge on any atom is 0.114 e. The first-order valence-corrected chi connectivity index (χ1v) is 4.62. The summed E-state index contributed by atoms with van der Waals surface area (Å²) in [6.45, 7) is 7.49. The van der Waals surface area contributed by atoms with Gasteiger partial charge in [-0.05, 0) is 18.3 Å². The molecule has 0 saturated heterocycles. The van der Waals surface area contributed by atoms with Gasteiger partial charge in [0.25, 0.3) is 0 Å². The number of hydrazine groups is 1. The molecule has 70 valence electrons. The number of hydrogen-bond donors (Lipinski definition) is 2. The molecule has 1 unspecified atom stereocenters. The van der Waals surface area contributed by atoms with E-state index in [4.69, 9.17) is 5.84 Å². The van der Waals surface area contributed by atoms with Crippen LogP contribution in [0.4, 0.5) is 0 Å². The highest BCUT2D eigenvalue weighted by Crippen LogP contribution is 2.51. The van der Waals surface area contributed by atoms with Crippen molar-refractivity contribution in [3.63, 3.8) is 0 Å². The summed E-state index contributed by atoms with van der Waals surface area (Å²) < 4.78 is 0. The summed E-state index contributed by atoms with van der Waals surface area (Å²) >= 11 is 0. The third-order valence-electron chi connectivity index (χ3n) is 2.50. The van der Waals surface area contributed by atoms with Gasteiger partial charge in [-0.3, -0.25) is 4.99 Å². The second-order valence-corrected chi connectivity index (χ2v) is 4.16. The molecular formula is C9H19N3. The predicted molar refractivity (Wildman–Crippen MR) is 51.8 cm³/mol. The Kier molecular flexibility index (Phi) is 2.73. The number of nitrogens with zero attached hydrogens (tertiary/aromatic N) is 1. The Labute approximate surface area is 74.4 Å². The summed E-state index contributed by atoms with van der Waals surface area (Å²) in [7, 11) is 0. The van der Waals surface area contributed by atoms with Gasteiger partial charge in [0, 0.05) is 12.5 Å². The van der Waals surface area contributed by atoms with E-state index in [1.165, 1.54) is 6.42 Å². The van der Waals surface area contributed by atoms with Crippen LogP contribution in [0.15, 0.2) is 4.99 Å². The molecule has 0 heterocycles. The van der Waals surface area contributed by atoms with Crippen LogP contribution in [0.2, 0.25) is 0 Å². The average molecular weight is 169 g/mol. The van der Waals surface area contributed by atoms with E-state index in [0.29, 0.717) is 11.3 Å². The lowest BCUT2D eigenvalue weighted by Crippen LogP contribution is -2.33. The Hall–Kier alpha value is -0.570. The zero-order valence-electron chi connectivity index (χ0n) is 8.22. The van der Waals surface area contributed by atoms with Crippen LogP contribution in [-0.4, -0.2) is 12.4 Å². The Morgan fingerprint density at radius 2 is 2.25 bits per heavy atom. The Morgan fingerprint density at radius 1 is 1.67 bits per heavy atom. The van der Waals surface area contributed by atoms with Crippen molar-refractivity contribution in [3.8, 4) is 0 Å². The molecule has 1 saturated carbocycles. The van der Waals surface area contributed by atoms with Crippen molar-refractivity contribution in [1.82, 2.24) is 5.43 Å². The summed E-state index contributed by atoms with van der Waals surface area (Å²) in [5, 5.41) is 0. The Balaban J connectivity index is 2.48. The summed E-state index contributed by atoms with van der Waals surface area (Å²) in [6.07, 6.45) is 2.29. The summed E-state index contributed by atoms with van der Waals surface area (Å²) in [4.78, 5) is 4.40. The van der Waals surface area contributed by atoms with Crippen LogP contribution in [0.5, 0.6) is 0 Å². The molecule has 0 aromatic carbocycles. The summed E-state index contributed by atoms with van der Waals surface area (Å²) in [5.74, 6) is 6.95. The van der Waals surface area contributed by atoms with Gasteiger partial charge in [-0.1, -0.05) is 20.8 Å². The fourth-order valence-electron chi connectivity index (χ4n) is 1.42. The number of amidine groups is 1. The first-order chi connectivity index (χ1) is 5.61. The molecule has 0 radical (unpaired) electrons. The van der Waals surface area contributed by atoms with Gasteiger partial charge in [-0.15, -0.1) is 0 Å². The van der Waals surface area contributed by atoms with E-state index >= 15 is 0 Å². The third-order valence-corrected chi connectivity index (χ3v) is 2.50. The zero-order valence-corrected chi connectivity index (χ0v) is 8.22. The minimum absolute atomic E-state index is 0.416. The van der Waals surface area contributed by atoms with E-state index in [-0.39, 0.29) is 0 Å². The molecule has 1 fully saturated rings. The molecule has 12 heavy (non-hydrogen) atoms. The zero-order chi connectivity index (χ0) is 9.19. The smallest absolute Gasteiger partial charge is 0.114 e. The SMILES string of the molecule is CCCN=C(NN)C1CC1(C)C. The lowest BCUT2D eigenvalue weighted by Gasteiger charge is -2.06. The minimum Gasteiger partial charge on any atom is -0.312 e. The van der Waals surface area contributed by atoms with Crippen molar-refractivity contribution in [2.45, 2.75) is 33.6 Å². The molecule has 3 heteroatoms. The van der Waals surface area contributed by atoms with E-state index in [2.05, 4.69) is 31.2 Å². The second-order valence-electron chi connectivity index (χ2n) is 4.16. The number of nitrogens with one attached hydrogen (secondary N) is 1. The maximum absolute atomic E-state index is 5.39. The van der Waals surface area contributed by atoms with Gasteiger partial charge >= 0.3 is 0 Å². The van der Waals surface area contributed by atoms with Crippen LogP contribution in [0.1, 0.15) is 33.6 Å². The van der Waals surface area contributed by atoms with Crippen molar-refractivity contribution in [2.75, 3.05) is 6.54 Å². The van der Waals surface area contributed by atoms with Crippen LogP contribution in [0, 0.1) is 11.3 Å². The molecule has 0 aliphatic heterocycles. The lowest BCUT2D eigenvalue weighted by atomic mass is 10.1. The molecule has 0 aromatic rings. The highest BCUT2D eigenvalue weighted by atomic mass is 15.3. The van der Waals surface area contributed by atoms with Crippen LogP contribution in [0.25, 0.3) is 0 Å². The topological polar surface area (TPSA) is 50.4 Å². The molecule has 3 N–H and O–H groups in total. The van der Waals surface area contributed by atoms with Crippen LogP contribution >= 0.6 is 0 Å². The fourth-order valence-corrected chi connectivity index (χ4v) is 1.42. The Morgan fingerprint density at radius 3 is 2.58 bits per heavy atom.